The topological polar surface area (TPSA) is 65.0 Å². The number of phenolic OH excluding ortho intramolecular Hbond substituents is 1. The van der Waals surface area contributed by atoms with Crippen LogP contribution in [0.1, 0.15) is 21.5 Å². The summed E-state index contributed by atoms with van der Waals surface area (Å²) in [6.45, 7) is 1.56. The second kappa shape index (κ2) is 11.4. The molecule has 1 N–H and O–H groups in total. The van der Waals surface area contributed by atoms with Crippen molar-refractivity contribution in [3.8, 4) is 11.5 Å². The van der Waals surface area contributed by atoms with Crippen LogP contribution in [0.25, 0.3) is 0 Å². The third kappa shape index (κ3) is 6.79. The number of phenols is 1. The lowest BCUT2D eigenvalue weighted by Gasteiger charge is -2.10. The van der Waals surface area contributed by atoms with E-state index < -0.39 is 0 Å². The normalized spacial score (nSPS) is 10.8. The standard InChI is InChI=1S/C25H24O5/c26-22-11-12-23(25(17-22)30-19-21-9-5-2-6-10-21)24(27)13-14-28-15-16-29-18-20-7-3-1-4-8-20/h1-14,17,26H,15-16,18-19H2/b14-13+. The van der Waals surface area contributed by atoms with Crippen molar-refractivity contribution in [2.75, 3.05) is 13.2 Å². The predicted octanol–water partition coefficient (Wildman–Crippen LogP) is 4.90. The highest BCUT2D eigenvalue weighted by Gasteiger charge is 2.11. The highest BCUT2D eigenvalue weighted by Crippen LogP contribution is 2.26. The number of carbonyl (C=O) groups is 1. The van der Waals surface area contributed by atoms with Crippen LogP contribution < -0.4 is 4.74 Å². The third-order valence-corrected chi connectivity index (χ3v) is 4.24. The molecule has 0 fully saturated rings. The highest BCUT2D eigenvalue weighted by atomic mass is 16.5. The van der Waals surface area contributed by atoms with Gasteiger partial charge in [-0.3, -0.25) is 4.79 Å². The van der Waals surface area contributed by atoms with E-state index in [-0.39, 0.29) is 11.5 Å². The summed E-state index contributed by atoms with van der Waals surface area (Å²) in [6.07, 6.45) is 2.68. The minimum absolute atomic E-state index is 0.0328. The Labute approximate surface area is 176 Å². The Morgan fingerprint density at radius 2 is 1.50 bits per heavy atom. The van der Waals surface area contributed by atoms with E-state index in [0.717, 1.165) is 11.1 Å². The molecule has 3 aromatic carbocycles. The van der Waals surface area contributed by atoms with Gasteiger partial charge in [0.05, 0.1) is 25.0 Å². The van der Waals surface area contributed by atoms with Crippen LogP contribution in [0, 0.1) is 0 Å². The summed E-state index contributed by atoms with van der Waals surface area (Å²) in [4.78, 5) is 12.5. The Hall–Kier alpha value is -3.57. The average Bonchev–Trinajstić information content (AvgIpc) is 2.78. The molecule has 5 nitrogen and oxygen atoms in total. The van der Waals surface area contributed by atoms with Crippen molar-refractivity contribution in [2.45, 2.75) is 13.2 Å². The van der Waals surface area contributed by atoms with Crippen molar-refractivity contribution in [3.05, 3.63) is 108 Å². The number of allylic oxidation sites excluding steroid dienone is 1. The number of ether oxygens (including phenoxy) is 3. The SMILES string of the molecule is O=C(/C=C/OCCOCc1ccccc1)c1ccc(O)cc1OCc1ccccc1. The van der Waals surface area contributed by atoms with Crippen LogP contribution in [0.4, 0.5) is 0 Å². The van der Waals surface area contributed by atoms with Gasteiger partial charge in [0, 0.05) is 12.1 Å². The summed E-state index contributed by atoms with van der Waals surface area (Å²) < 4.78 is 16.6. The lowest BCUT2D eigenvalue weighted by atomic mass is 10.1. The van der Waals surface area contributed by atoms with E-state index in [2.05, 4.69) is 0 Å². The second-order valence-corrected chi connectivity index (χ2v) is 6.53. The summed E-state index contributed by atoms with van der Waals surface area (Å²) in [7, 11) is 0. The highest BCUT2D eigenvalue weighted by molar-refractivity contribution is 6.06. The quantitative estimate of drug-likeness (QED) is 0.213. The molecular weight excluding hydrogens is 380 g/mol. The smallest absolute Gasteiger partial charge is 0.192 e. The number of benzene rings is 3. The van der Waals surface area contributed by atoms with Gasteiger partial charge in [-0.1, -0.05) is 60.7 Å². The van der Waals surface area contributed by atoms with Crippen LogP contribution in [-0.2, 0) is 22.7 Å². The van der Waals surface area contributed by atoms with Crippen LogP contribution in [-0.4, -0.2) is 24.1 Å². The van der Waals surface area contributed by atoms with Crippen LogP contribution in [0.5, 0.6) is 11.5 Å². The zero-order valence-corrected chi connectivity index (χ0v) is 16.6. The molecule has 0 saturated heterocycles. The van der Waals surface area contributed by atoms with Gasteiger partial charge in [0.15, 0.2) is 5.78 Å². The Morgan fingerprint density at radius 3 is 2.20 bits per heavy atom. The molecule has 0 heterocycles. The van der Waals surface area contributed by atoms with Crippen LogP contribution >= 0.6 is 0 Å². The van der Waals surface area contributed by atoms with Crippen molar-refractivity contribution in [2.24, 2.45) is 0 Å². The van der Waals surface area contributed by atoms with E-state index in [4.69, 9.17) is 14.2 Å². The molecular formula is C25H24O5. The number of rotatable bonds is 11. The van der Waals surface area contributed by atoms with E-state index >= 15 is 0 Å². The summed E-state index contributed by atoms with van der Waals surface area (Å²) in [5.74, 6) is 0.0772. The molecule has 154 valence electrons. The molecule has 0 spiro atoms. The van der Waals surface area contributed by atoms with E-state index in [1.165, 1.54) is 30.5 Å². The number of ketones is 1. The molecule has 30 heavy (non-hydrogen) atoms. The van der Waals surface area contributed by atoms with E-state index in [1.807, 2.05) is 60.7 Å². The average molecular weight is 404 g/mol. The maximum atomic E-state index is 12.5. The fraction of sp³-hybridized carbons (Fsp3) is 0.160. The van der Waals surface area contributed by atoms with E-state index in [0.29, 0.717) is 37.7 Å². The first kappa shape index (κ1) is 21.1. The molecule has 0 radical (unpaired) electrons. The molecule has 0 atom stereocenters. The first-order valence-electron chi connectivity index (χ1n) is 9.66. The molecule has 0 unspecified atom stereocenters. The first-order chi connectivity index (χ1) is 14.7. The Morgan fingerprint density at radius 1 is 0.833 bits per heavy atom. The maximum Gasteiger partial charge on any atom is 0.192 e. The molecule has 0 aliphatic rings. The van der Waals surface area contributed by atoms with Gasteiger partial charge in [-0.15, -0.1) is 0 Å². The number of carbonyl (C=O) groups excluding carboxylic acids is 1. The molecule has 0 amide bonds. The van der Waals surface area contributed by atoms with Gasteiger partial charge in [-0.2, -0.15) is 0 Å². The summed E-state index contributed by atoms with van der Waals surface area (Å²) in [6, 6.07) is 23.9. The Bertz CT molecular complexity index is 952. The lowest BCUT2D eigenvalue weighted by Crippen LogP contribution is -2.04. The van der Waals surface area contributed by atoms with Crippen LogP contribution in [0.2, 0.25) is 0 Å². The summed E-state index contributed by atoms with van der Waals surface area (Å²) in [5, 5.41) is 9.75. The first-order valence-corrected chi connectivity index (χ1v) is 9.66. The minimum Gasteiger partial charge on any atom is -0.508 e. The molecule has 0 aliphatic heterocycles. The van der Waals surface area contributed by atoms with Crippen molar-refractivity contribution < 1.29 is 24.1 Å². The molecule has 0 bridgehead atoms. The van der Waals surface area contributed by atoms with Crippen LogP contribution in [0.15, 0.2) is 91.2 Å². The van der Waals surface area contributed by atoms with E-state index in [1.54, 1.807) is 0 Å². The van der Waals surface area contributed by atoms with Crippen molar-refractivity contribution in [1.29, 1.82) is 0 Å². The van der Waals surface area contributed by atoms with Gasteiger partial charge >= 0.3 is 0 Å². The van der Waals surface area contributed by atoms with Crippen molar-refractivity contribution in [3.63, 3.8) is 0 Å². The largest absolute Gasteiger partial charge is 0.508 e. The molecule has 3 aromatic rings. The van der Waals surface area contributed by atoms with E-state index in [9.17, 15) is 9.90 Å². The number of hydrogen-bond donors (Lipinski definition) is 1. The number of aromatic hydroxyl groups is 1. The molecule has 0 aliphatic carbocycles. The maximum absolute atomic E-state index is 12.5. The lowest BCUT2D eigenvalue weighted by molar-refractivity contribution is 0.0743. The minimum atomic E-state index is -0.275. The zero-order chi connectivity index (χ0) is 21.0. The Kier molecular flexibility index (Phi) is 8.06. The third-order valence-electron chi connectivity index (χ3n) is 4.24. The fourth-order valence-corrected chi connectivity index (χ4v) is 2.71. The molecule has 0 saturated carbocycles. The van der Waals surface area contributed by atoms with Gasteiger partial charge in [-0.25, -0.2) is 0 Å². The van der Waals surface area contributed by atoms with Crippen molar-refractivity contribution in [1.82, 2.24) is 0 Å². The molecule has 0 aromatic heterocycles. The van der Waals surface area contributed by atoms with Gasteiger partial charge in [0.25, 0.3) is 0 Å². The van der Waals surface area contributed by atoms with Gasteiger partial charge in [0.2, 0.25) is 0 Å². The van der Waals surface area contributed by atoms with Gasteiger partial charge in [0.1, 0.15) is 24.7 Å². The fourth-order valence-electron chi connectivity index (χ4n) is 2.71. The monoisotopic (exact) mass is 404 g/mol. The molecule has 5 heteroatoms. The van der Waals surface area contributed by atoms with Crippen molar-refractivity contribution >= 4 is 5.78 Å². The van der Waals surface area contributed by atoms with Gasteiger partial charge in [-0.05, 0) is 23.3 Å². The van der Waals surface area contributed by atoms with Gasteiger partial charge < -0.3 is 19.3 Å². The Balaban J connectivity index is 1.47. The second-order valence-electron chi connectivity index (χ2n) is 6.53. The summed E-state index contributed by atoms with van der Waals surface area (Å²) >= 11 is 0. The predicted molar refractivity (Wildman–Crippen MR) is 114 cm³/mol. The van der Waals surface area contributed by atoms with Crippen LogP contribution in [0.3, 0.4) is 0 Å². The number of hydrogen-bond acceptors (Lipinski definition) is 5. The summed E-state index contributed by atoms with van der Waals surface area (Å²) in [5.41, 5.74) is 2.41. The molecule has 3 rings (SSSR count). The zero-order valence-electron chi connectivity index (χ0n) is 16.6.